The van der Waals surface area contributed by atoms with E-state index in [1.165, 1.54) is 0 Å². The first-order valence-electron chi connectivity index (χ1n) is 7.05. The lowest BCUT2D eigenvalue weighted by atomic mass is 10.1. The van der Waals surface area contributed by atoms with Gasteiger partial charge in [0.25, 0.3) is 0 Å². The maximum Gasteiger partial charge on any atom is 0.222 e. The number of anilines is 2. The van der Waals surface area contributed by atoms with E-state index in [0.29, 0.717) is 6.61 Å². The smallest absolute Gasteiger partial charge is 0.222 e. The van der Waals surface area contributed by atoms with Crippen molar-refractivity contribution >= 4 is 11.8 Å². The van der Waals surface area contributed by atoms with Crippen molar-refractivity contribution in [1.29, 1.82) is 0 Å². The van der Waals surface area contributed by atoms with Crippen molar-refractivity contribution in [2.24, 2.45) is 0 Å². The molecular formula is C16H22N4O. The number of rotatable bonds is 5. The number of hydrogen-bond acceptors (Lipinski definition) is 5. The van der Waals surface area contributed by atoms with E-state index in [1.54, 1.807) is 0 Å². The predicted octanol–water partition coefficient (Wildman–Crippen LogP) is 2.89. The van der Waals surface area contributed by atoms with Crippen molar-refractivity contribution in [2.45, 2.75) is 20.0 Å². The summed E-state index contributed by atoms with van der Waals surface area (Å²) in [7, 11) is 3.86. The molecule has 0 aliphatic carbocycles. The van der Waals surface area contributed by atoms with Crippen LogP contribution in [0.3, 0.4) is 0 Å². The molecule has 5 heteroatoms. The summed E-state index contributed by atoms with van der Waals surface area (Å²) in [6.07, 6.45) is 0.0943. The molecule has 0 amide bonds. The van der Waals surface area contributed by atoms with E-state index in [2.05, 4.69) is 22.1 Å². The molecule has 0 radical (unpaired) electrons. The average Bonchev–Trinajstić information content (AvgIpc) is 2.47. The second-order valence-corrected chi connectivity index (χ2v) is 5.08. The normalized spacial score (nSPS) is 12.2. The van der Waals surface area contributed by atoms with E-state index in [0.717, 1.165) is 22.6 Å². The van der Waals surface area contributed by atoms with Gasteiger partial charge in [0.05, 0.1) is 11.8 Å². The van der Waals surface area contributed by atoms with Gasteiger partial charge >= 0.3 is 0 Å². The molecule has 0 fully saturated rings. The Morgan fingerprint density at radius 2 is 1.86 bits per heavy atom. The second-order valence-electron chi connectivity index (χ2n) is 5.08. The first-order chi connectivity index (χ1) is 10.0. The highest BCUT2D eigenvalue weighted by Crippen LogP contribution is 2.24. The molecule has 1 heterocycles. The molecule has 2 aromatic rings. The fraction of sp³-hybridized carbons (Fsp3) is 0.375. The van der Waals surface area contributed by atoms with Crippen LogP contribution in [0.4, 0.5) is 11.8 Å². The van der Waals surface area contributed by atoms with E-state index in [9.17, 15) is 0 Å². The maximum absolute atomic E-state index is 5.78. The van der Waals surface area contributed by atoms with Crippen LogP contribution in [0.2, 0.25) is 0 Å². The van der Waals surface area contributed by atoms with Crippen LogP contribution in [0.15, 0.2) is 30.3 Å². The summed E-state index contributed by atoms with van der Waals surface area (Å²) in [6, 6.07) is 10.1. The Balaban J connectivity index is 2.30. The average molecular weight is 286 g/mol. The number of benzene rings is 1. The Morgan fingerprint density at radius 1 is 1.19 bits per heavy atom. The summed E-state index contributed by atoms with van der Waals surface area (Å²) < 4.78 is 5.59. The fourth-order valence-corrected chi connectivity index (χ4v) is 2.10. The third-order valence-electron chi connectivity index (χ3n) is 3.28. The van der Waals surface area contributed by atoms with Gasteiger partial charge in [0.2, 0.25) is 5.95 Å². The minimum atomic E-state index is 0.0943. The summed E-state index contributed by atoms with van der Waals surface area (Å²) in [5, 5.41) is 0. The van der Waals surface area contributed by atoms with Crippen LogP contribution in [-0.4, -0.2) is 30.7 Å². The molecule has 1 unspecified atom stereocenters. The molecule has 0 aliphatic rings. The number of nitrogens with zero attached hydrogens (tertiary/aromatic N) is 3. The Hall–Kier alpha value is -2.14. The lowest BCUT2D eigenvalue weighted by molar-refractivity contribution is 0.0764. The van der Waals surface area contributed by atoms with Crippen molar-refractivity contribution in [3.8, 4) is 11.3 Å². The summed E-state index contributed by atoms with van der Waals surface area (Å²) in [5.41, 5.74) is 8.77. The minimum Gasteiger partial charge on any atom is -0.374 e. The van der Waals surface area contributed by atoms with Gasteiger partial charge in [-0.3, -0.25) is 0 Å². The number of nitrogen functional groups attached to an aromatic ring is 1. The first kappa shape index (κ1) is 15.3. The molecule has 0 spiro atoms. The molecule has 1 atom stereocenters. The molecule has 1 aromatic carbocycles. The van der Waals surface area contributed by atoms with Crippen LogP contribution in [0.5, 0.6) is 0 Å². The zero-order chi connectivity index (χ0) is 15.4. The van der Waals surface area contributed by atoms with Gasteiger partial charge in [0.15, 0.2) is 0 Å². The van der Waals surface area contributed by atoms with Crippen molar-refractivity contribution in [3.05, 3.63) is 35.9 Å². The van der Waals surface area contributed by atoms with Gasteiger partial charge in [-0.05, 0) is 19.4 Å². The van der Waals surface area contributed by atoms with Gasteiger partial charge in [-0.25, -0.2) is 4.98 Å². The molecular weight excluding hydrogens is 264 g/mol. The highest BCUT2D eigenvalue weighted by atomic mass is 16.5. The van der Waals surface area contributed by atoms with Gasteiger partial charge in [-0.2, -0.15) is 4.98 Å². The third-order valence-corrected chi connectivity index (χ3v) is 3.28. The Morgan fingerprint density at radius 3 is 2.43 bits per heavy atom. The molecule has 1 aromatic heterocycles. The maximum atomic E-state index is 5.78. The van der Waals surface area contributed by atoms with E-state index in [-0.39, 0.29) is 12.1 Å². The summed E-state index contributed by atoms with van der Waals surface area (Å²) in [5.74, 6) is 1.08. The molecule has 0 bridgehead atoms. The number of aromatic nitrogens is 2. The molecule has 21 heavy (non-hydrogen) atoms. The quantitative estimate of drug-likeness (QED) is 0.915. The summed E-state index contributed by atoms with van der Waals surface area (Å²) in [4.78, 5) is 10.4. The molecule has 0 saturated carbocycles. The first-order valence-corrected chi connectivity index (χ1v) is 7.05. The van der Waals surface area contributed by atoms with Crippen LogP contribution >= 0.6 is 0 Å². The number of hydrogen-bond donors (Lipinski definition) is 1. The highest BCUT2D eigenvalue weighted by Gasteiger charge is 2.08. The van der Waals surface area contributed by atoms with Crippen LogP contribution in [-0.2, 0) is 4.74 Å². The Kier molecular flexibility index (Phi) is 4.75. The van der Waals surface area contributed by atoms with E-state index < -0.39 is 0 Å². The van der Waals surface area contributed by atoms with Crippen LogP contribution in [0.1, 0.15) is 25.5 Å². The number of nitrogens with two attached hydrogens (primary N) is 1. The zero-order valence-electron chi connectivity index (χ0n) is 13.0. The SMILES string of the molecule is CCOC(C)c1ccc(-c2cc(N(C)C)nc(N)n2)cc1. The number of ether oxygens (including phenoxy) is 1. The monoisotopic (exact) mass is 286 g/mol. The Bertz CT molecular complexity index is 596. The van der Waals surface area contributed by atoms with Gasteiger partial charge in [0, 0.05) is 32.3 Å². The predicted molar refractivity (Wildman–Crippen MR) is 86.2 cm³/mol. The minimum absolute atomic E-state index is 0.0943. The lowest BCUT2D eigenvalue weighted by Gasteiger charge is -2.14. The van der Waals surface area contributed by atoms with Crippen molar-refractivity contribution < 1.29 is 4.74 Å². The van der Waals surface area contributed by atoms with Crippen molar-refractivity contribution in [3.63, 3.8) is 0 Å². The molecule has 5 nitrogen and oxygen atoms in total. The van der Waals surface area contributed by atoms with E-state index >= 15 is 0 Å². The molecule has 0 saturated heterocycles. The molecule has 2 N–H and O–H groups in total. The van der Waals surface area contributed by atoms with E-state index in [4.69, 9.17) is 10.5 Å². The van der Waals surface area contributed by atoms with Gasteiger partial charge < -0.3 is 15.4 Å². The lowest BCUT2D eigenvalue weighted by Crippen LogP contribution is -2.12. The molecule has 112 valence electrons. The van der Waals surface area contributed by atoms with Crippen molar-refractivity contribution in [2.75, 3.05) is 31.3 Å². The van der Waals surface area contributed by atoms with Gasteiger partial charge in [-0.15, -0.1) is 0 Å². The largest absolute Gasteiger partial charge is 0.374 e. The topological polar surface area (TPSA) is 64.3 Å². The van der Waals surface area contributed by atoms with Crippen LogP contribution < -0.4 is 10.6 Å². The summed E-state index contributed by atoms with van der Waals surface area (Å²) >= 11 is 0. The van der Waals surface area contributed by atoms with Gasteiger partial charge in [-0.1, -0.05) is 24.3 Å². The highest BCUT2D eigenvalue weighted by molar-refractivity contribution is 5.64. The molecule has 2 rings (SSSR count). The third kappa shape index (κ3) is 3.70. The van der Waals surface area contributed by atoms with Crippen LogP contribution in [0.25, 0.3) is 11.3 Å². The standard InChI is InChI=1S/C16H22N4O/c1-5-21-11(2)12-6-8-13(9-7-12)14-10-15(20(3)4)19-16(17)18-14/h6-11H,5H2,1-4H3,(H2,17,18,19). The molecule has 0 aliphatic heterocycles. The fourth-order valence-electron chi connectivity index (χ4n) is 2.10. The van der Waals surface area contributed by atoms with Crippen LogP contribution in [0, 0.1) is 0 Å². The van der Waals surface area contributed by atoms with E-state index in [1.807, 2.05) is 51.0 Å². The van der Waals surface area contributed by atoms with Crippen molar-refractivity contribution in [1.82, 2.24) is 9.97 Å². The summed E-state index contributed by atoms with van der Waals surface area (Å²) in [6.45, 7) is 4.75. The second kappa shape index (κ2) is 6.54. The Labute approximate surface area is 125 Å². The van der Waals surface area contributed by atoms with Gasteiger partial charge in [0.1, 0.15) is 5.82 Å². The zero-order valence-corrected chi connectivity index (χ0v) is 13.0.